The van der Waals surface area contributed by atoms with Gasteiger partial charge in [-0.3, -0.25) is 4.68 Å². The zero-order chi connectivity index (χ0) is 15.7. The number of aryl methyl sites for hydroxylation is 1. The Balaban J connectivity index is 2.23. The van der Waals surface area contributed by atoms with Gasteiger partial charge in [-0.15, -0.1) is 0 Å². The molecule has 1 aromatic carbocycles. The van der Waals surface area contributed by atoms with E-state index in [1.165, 1.54) is 0 Å². The van der Waals surface area contributed by atoms with Gasteiger partial charge in [0.05, 0.1) is 16.9 Å². The van der Waals surface area contributed by atoms with Crippen LogP contribution in [0, 0.1) is 0 Å². The quantitative estimate of drug-likeness (QED) is 0.853. The van der Waals surface area contributed by atoms with Crippen molar-refractivity contribution < 1.29 is 9.76 Å². The summed E-state index contributed by atoms with van der Waals surface area (Å²) in [4.78, 5) is 0. The molecule has 0 unspecified atom stereocenters. The van der Waals surface area contributed by atoms with E-state index in [1.54, 1.807) is 26.0 Å². The summed E-state index contributed by atoms with van der Waals surface area (Å²) in [5, 5.41) is 14.6. The average Bonchev–Trinajstić information content (AvgIpc) is 2.77. The van der Waals surface area contributed by atoms with E-state index in [0.717, 1.165) is 16.7 Å². The molecule has 0 bridgehead atoms. The van der Waals surface area contributed by atoms with Crippen LogP contribution in [0.5, 0.6) is 0 Å². The normalized spacial score (nSPS) is 12.5. The third-order valence-electron chi connectivity index (χ3n) is 3.86. The van der Waals surface area contributed by atoms with E-state index in [-0.39, 0.29) is 0 Å². The molecule has 2 rings (SSSR count). The highest BCUT2D eigenvalue weighted by Crippen LogP contribution is 2.24. The maximum Gasteiger partial charge on any atom is 0.334 e. The maximum absolute atomic E-state index is 10.1. The number of hydrogen-bond acceptors (Lipinski definition) is 3. The van der Waals surface area contributed by atoms with E-state index < -0.39 is 11.2 Å². The van der Waals surface area contributed by atoms with Crippen LogP contribution in [0.3, 0.4) is 0 Å². The van der Waals surface area contributed by atoms with Gasteiger partial charge in [0.2, 0.25) is 0 Å². The summed E-state index contributed by atoms with van der Waals surface area (Å²) in [5.74, 6) is 0. The lowest BCUT2D eigenvalue weighted by Gasteiger charge is -2.37. The first-order chi connectivity index (χ1) is 9.71. The molecule has 1 aromatic heterocycles. The van der Waals surface area contributed by atoms with E-state index in [1.807, 2.05) is 57.4 Å². The van der Waals surface area contributed by atoms with Crippen molar-refractivity contribution in [2.75, 3.05) is 0 Å². The van der Waals surface area contributed by atoms with E-state index >= 15 is 0 Å². The fourth-order valence-electron chi connectivity index (χ4n) is 1.77. The van der Waals surface area contributed by atoms with Crippen LogP contribution < -0.4 is 5.46 Å². The fourth-order valence-corrected chi connectivity index (χ4v) is 1.77. The second-order valence-corrected chi connectivity index (χ2v) is 6.28. The van der Waals surface area contributed by atoms with Crippen molar-refractivity contribution in [3.05, 3.63) is 36.5 Å². The Kier molecular flexibility index (Phi) is 4.26. The summed E-state index contributed by atoms with van der Waals surface area (Å²) in [7, 11) is 3.55. The molecule has 0 spiro atoms. The molecule has 2 aromatic rings. The Labute approximate surface area is 127 Å². The van der Waals surface area contributed by atoms with Crippen molar-refractivity contribution >= 4 is 12.9 Å². The van der Waals surface area contributed by atoms with Crippen LogP contribution >= 0.6 is 0 Å². The molecule has 0 aliphatic carbocycles. The molecular formula is C16H22BN2O2. The number of hydrogen-bond donors (Lipinski definition) is 1. The van der Waals surface area contributed by atoms with E-state index in [4.69, 9.17) is 4.65 Å². The first kappa shape index (κ1) is 15.8. The standard InChI is InChI=1S/C16H22BN2O2/c1-15(2,20)16(3,4)21-17-13-11-19(5)18-14(13)12-9-7-6-8-10-12/h6-11,20H,1-5H3. The van der Waals surface area contributed by atoms with Gasteiger partial charge in [0.25, 0.3) is 0 Å². The molecular weight excluding hydrogens is 263 g/mol. The van der Waals surface area contributed by atoms with Gasteiger partial charge in [-0.05, 0) is 33.2 Å². The van der Waals surface area contributed by atoms with Gasteiger partial charge in [-0.25, -0.2) is 0 Å². The molecule has 111 valence electrons. The van der Waals surface area contributed by atoms with Crippen molar-refractivity contribution in [1.82, 2.24) is 9.78 Å². The summed E-state index contributed by atoms with van der Waals surface area (Å²) in [6.07, 6.45) is 1.91. The zero-order valence-corrected chi connectivity index (χ0v) is 13.3. The van der Waals surface area contributed by atoms with E-state index in [9.17, 15) is 5.11 Å². The fraction of sp³-hybridized carbons (Fsp3) is 0.438. The summed E-state index contributed by atoms with van der Waals surface area (Å²) >= 11 is 0. The van der Waals surface area contributed by atoms with Crippen molar-refractivity contribution in [3.8, 4) is 11.3 Å². The Morgan fingerprint density at radius 1 is 1.14 bits per heavy atom. The topological polar surface area (TPSA) is 47.3 Å². The minimum atomic E-state index is -0.946. The highest BCUT2D eigenvalue weighted by molar-refractivity contribution is 6.49. The molecule has 0 saturated heterocycles. The molecule has 1 heterocycles. The second-order valence-electron chi connectivity index (χ2n) is 6.28. The predicted molar refractivity (Wildman–Crippen MR) is 85.5 cm³/mol. The van der Waals surface area contributed by atoms with Crippen LogP contribution in [0.2, 0.25) is 0 Å². The molecule has 1 N–H and O–H groups in total. The third kappa shape index (κ3) is 3.54. The molecule has 21 heavy (non-hydrogen) atoms. The molecule has 0 fully saturated rings. The summed E-state index contributed by atoms with van der Waals surface area (Å²) in [6, 6.07) is 9.97. The van der Waals surface area contributed by atoms with Crippen molar-refractivity contribution in [2.24, 2.45) is 7.05 Å². The summed E-state index contributed by atoms with van der Waals surface area (Å²) < 4.78 is 7.59. The van der Waals surface area contributed by atoms with Crippen molar-refractivity contribution in [1.29, 1.82) is 0 Å². The highest BCUT2D eigenvalue weighted by Gasteiger charge is 2.36. The van der Waals surface area contributed by atoms with Gasteiger partial charge in [0, 0.05) is 18.8 Å². The van der Waals surface area contributed by atoms with E-state index in [0.29, 0.717) is 0 Å². The second kappa shape index (κ2) is 5.66. The van der Waals surface area contributed by atoms with Gasteiger partial charge >= 0.3 is 7.48 Å². The molecule has 0 saturated carbocycles. The highest BCUT2D eigenvalue weighted by atomic mass is 16.5. The van der Waals surface area contributed by atoms with Gasteiger partial charge in [0.1, 0.15) is 0 Å². The minimum absolute atomic E-state index is 0.698. The molecule has 0 aliphatic heterocycles. The molecule has 0 aliphatic rings. The Bertz CT molecular complexity index is 600. The van der Waals surface area contributed by atoms with Crippen LogP contribution in [0.1, 0.15) is 27.7 Å². The van der Waals surface area contributed by atoms with Gasteiger partial charge in [-0.2, -0.15) is 5.10 Å². The van der Waals surface area contributed by atoms with Crippen molar-refractivity contribution in [3.63, 3.8) is 0 Å². The molecule has 4 nitrogen and oxygen atoms in total. The average molecular weight is 285 g/mol. The van der Waals surface area contributed by atoms with Gasteiger partial charge < -0.3 is 9.76 Å². The molecule has 0 amide bonds. The number of aromatic nitrogens is 2. The smallest absolute Gasteiger partial charge is 0.334 e. The number of benzene rings is 1. The first-order valence-corrected chi connectivity index (χ1v) is 7.03. The van der Waals surface area contributed by atoms with Crippen LogP contribution in [-0.2, 0) is 11.7 Å². The van der Waals surface area contributed by atoms with Crippen LogP contribution in [0.25, 0.3) is 11.3 Å². The molecule has 5 heteroatoms. The monoisotopic (exact) mass is 285 g/mol. The Hall–Kier alpha value is -1.59. The summed E-state index contributed by atoms with van der Waals surface area (Å²) in [5.41, 5.74) is 1.15. The lowest BCUT2D eigenvalue weighted by molar-refractivity contribution is -0.0893. The largest absolute Gasteiger partial charge is 0.426 e. The van der Waals surface area contributed by atoms with Crippen LogP contribution in [0.4, 0.5) is 0 Å². The maximum atomic E-state index is 10.1. The number of nitrogens with zero attached hydrogens (tertiary/aromatic N) is 2. The Morgan fingerprint density at radius 3 is 2.33 bits per heavy atom. The van der Waals surface area contributed by atoms with Gasteiger partial charge in [-0.1, -0.05) is 30.3 Å². The lowest BCUT2D eigenvalue weighted by Crippen LogP contribution is -2.49. The SMILES string of the molecule is Cn1cc([B]OC(C)(C)C(C)(C)O)c(-c2ccccc2)n1. The number of aliphatic hydroxyl groups is 1. The molecule has 0 atom stereocenters. The lowest BCUT2D eigenvalue weighted by atomic mass is 9.82. The van der Waals surface area contributed by atoms with Crippen LogP contribution in [0.15, 0.2) is 36.5 Å². The predicted octanol–water partition coefficient (Wildman–Crippen LogP) is 1.90. The van der Waals surface area contributed by atoms with E-state index in [2.05, 4.69) is 5.10 Å². The zero-order valence-electron chi connectivity index (χ0n) is 13.3. The minimum Gasteiger partial charge on any atom is -0.426 e. The van der Waals surface area contributed by atoms with Crippen LogP contribution in [-0.4, -0.2) is 33.6 Å². The third-order valence-corrected chi connectivity index (χ3v) is 3.86. The Morgan fingerprint density at radius 2 is 1.76 bits per heavy atom. The summed E-state index contributed by atoms with van der Waals surface area (Å²) in [6.45, 7) is 7.20. The molecule has 1 radical (unpaired) electrons. The first-order valence-electron chi connectivity index (χ1n) is 7.03. The van der Waals surface area contributed by atoms with Gasteiger partial charge in [0.15, 0.2) is 0 Å². The van der Waals surface area contributed by atoms with Crippen molar-refractivity contribution in [2.45, 2.75) is 38.9 Å². The number of rotatable bonds is 5.